The monoisotopic (exact) mass is 407 g/mol. The molecule has 0 fully saturated rings. The molecule has 0 unspecified atom stereocenters. The number of hydrogen-bond donors (Lipinski definition) is 1. The smallest absolute Gasteiger partial charge is 0.327 e. The normalized spacial score (nSPS) is 15.2. The van der Waals surface area contributed by atoms with E-state index in [1.54, 1.807) is 0 Å². The van der Waals surface area contributed by atoms with E-state index in [0.717, 1.165) is 33.6 Å². The highest BCUT2D eigenvalue weighted by atomic mass is 32.2. The van der Waals surface area contributed by atoms with Gasteiger partial charge in [-0.25, -0.2) is 4.79 Å². The van der Waals surface area contributed by atoms with Crippen LogP contribution in [0.1, 0.15) is 22.7 Å². The summed E-state index contributed by atoms with van der Waals surface area (Å²) in [5.41, 5.74) is 4.45. The third-order valence-electron chi connectivity index (χ3n) is 5.26. The number of ether oxygens (including phenoxy) is 1. The summed E-state index contributed by atoms with van der Waals surface area (Å²) < 4.78 is 7.48. The number of thioether (sulfide) groups is 1. The van der Waals surface area contributed by atoms with Crippen LogP contribution in [-0.4, -0.2) is 21.4 Å². The molecule has 0 amide bonds. The second kappa shape index (κ2) is 7.79. The summed E-state index contributed by atoms with van der Waals surface area (Å²) >= 11 is 1.41. The zero-order valence-electron chi connectivity index (χ0n) is 16.2. The number of aryl methyl sites for hydroxylation is 1. The van der Waals surface area contributed by atoms with Gasteiger partial charge in [0.15, 0.2) is 0 Å². The molecular formula is C23H21NO4S. The minimum Gasteiger partial charge on any atom is -0.489 e. The fourth-order valence-electron chi connectivity index (χ4n) is 3.56. The van der Waals surface area contributed by atoms with Crippen LogP contribution >= 0.6 is 11.8 Å². The van der Waals surface area contributed by atoms with Crippen LogP contribution in [0, 0.1) is 13.8 Å². The van der Waals surface area contributed by atoms with Crippen molar-refractivity contribution in [3.63, 3.8) is 0 Å². The van der Waals surface area contributed by atoms with Crippen molar-refractivity contribution < 1.29 is 14.6 Å². The largest absolute Gasteiger partial charge is 0.489 e. The predicted molar refractivity (Wildman–Crippen MR) is 114 cm³/mol. The summed E-state index contributed by atoms with van der Waals surface area (Å²) in [6, 6.07) is 16.3. The highest BCUT2D eigenvalue weighted by Crippen LogP contribution is 2.41. The standard InChI is InChI=1S/C23H21NO4S/c1-14-7-6-10-19(15(14)2)28-12-17-11-20(25)24-18(23(26)27)13-29-22(24)21(17)16-8-4-3-5-9-16/h3-11,18H,12-13H2,1-2H3,(H,26,27)/t18-/m0/s1. The first-order valence-corrected chi connectivity index (χ1v) is 10.3. The number of rotatable bonds is 5. The number of carbonyl (C=O) groups is 1. The number of pyridine rings is 1. The summed E-state index contributed by atoms with van der Waals surface area (Å²) in [4.78, 5) is 24.4. The maximum atomic E-state index is 12.8. The van der Waals surface area contributed by atoms with Crippen molar-refractivity contribution in [2.45, 2.75) is 31.5 Å². The van der Waals surface area contributed by atoms with Crippen LogP contribution in [0.15, 0.2) is 64.4 Å². The first-order valence-electron chi connectivity index (χ1n) is 9.36. The fraction of sp³-hybridized carbons (Fsp3) is 0.217. The number of aromatic nitrogens is 1. The topological polar surface area (TPSA) is 68.5 Å². The number of aliphatic carboxylic acids is 1. The zero-order valence-corrected chi connectivity index (χ0v) is 17.0. The van der Waals surface area contributed by atoms with E-state index < -0.39 is 12.0 Å². The van der Waals surface area contributed by atoms with E-state index in [2.05, 4.69) is 0 Å². The minimum absolute atomic E-state index is 0.232. The van der Waals surface area contributed by atoms with Gasteiger partial charge >= 0.3 is 5.97 Å². The predicted octanol–water partition coefficient (Wildman–Crippen LogP) is 4.44. The Bertz CT molecular complexity index is 1140. The van der Waals surface area contributed by atoms with E-state index in [9.17, 15) is 14.7 Å². The fourth-order valence-corrected chi connectivity index (χ4v) is 4.92. The third-order valence-corrected chi connectivity index (χ3v) is 6.42. The molecule has 2 aromatic carbocycles. The Morgan fingerprint density at radius 3 is 2.66 bits per heavy atom. The molecule has 2 heterocycles. The number of nitrogens with zero attached hydrogens (tertiary/aromatic N) is 1. The molecule has 1 atom stereocenters. The number of benzene rings is 2. The van der Waals surface area contributed by atoms with E-state index >= 15 is 0 Å². The van der Waals surface area contributed by atoms with Crippen LogP contribution in [0.25, 0.3) is 11.1 Å². The molecule has 1 aliphatic heterocycles. The molecule has 3 aromatic rings. The molecule has 1 aliphatic rings. The quantitative estimate of drug-likeness (QED) is 0.677. The van der Waals surface area contributed by atoms with Gasteiger partial charge in [-0.05, 0) is 36.6 Å². The first kappa shape index (κ1) is 19.3. The molecular weight excluding hydrogens is 386 g/mol. The van der Waals surface area contributed by atoms with Crippen molar-refractivity contribution in [2.75, 3.05) is 5.75 Å². The third kappa shape index (κ3) is 3.56. The van der Waals surface area contributed by atoms with Gasteiger partial charge in [-0.15, -0.1) is 11.8 Å². The summed E-state index contributed by atoms with van der Waals surface area (Å²) in [7, 11) is 0. The maximum Gasteiger partial charge on any atom is 0.327 e. The number of hydrogen-bond acceptors (Lipinski definition) is 4. The summed E-state index contributed by atoms with van der Waals surface area (Å²) in [5.74, 6) is 0.128. The summed E-state index contributed by atoms with van der Waals surface area (Å²) in [6.45, 7) is 4.27. The van der Waals surface area contributed by atoms with Crippen LogP contribution in [0.2, 0.25) is 0 Å². The first-order chi connectivity index (χ1) is 14.0. The molecule has 5 nitrogen and oxygen atoms in total. The lowest BCUT2D eigenvalue weighted by Gasteiger charge is -2.18. The van der Waals surface area contributed by atoms with Crippen LogP contribution in [0.3, 0.4) is 0 Å². The van der Waals surface area contributed by atoms with Gasteiger partial charge in [0.05, 0.1) is 5.03 Å². The Hall–Kier alpha value is -2.99. The van der Waals surface area contributed by atoms with Crippen molar-refractivity contribution >= 4 is 17.7 Å². The number of carboxylic acids is 1. The van der Waals surface area contributed by atoms with Gasteiger partial charge in [0, 0.05) is 22.9 Å². The van der Waals surface area contributed by atoms with Crippen molar-refractivity contribution in [3.8, 4) is 16.9 Å². The van der Waals surface area contributed by atoms with Gasteiger partial charge in [0.1, 0.15) is 18.4 Å². The van der Waals surface area contributed by atoms with E-state index in [1.807, 2.05) is 62.4 Å². The second-order valence-corrected chi connectivity index (χ2v) is 8.08. The molecule has 29 heavy (non-hydrogen) atoms. The van der Waals surface area contributed by atoms with Gasteiger partial charge in [-0.1, -0.05) is 42.5 Å². The summed E-state index contributed by atoms with van der Waals surface area (Å²) in [5, 5.41) is 10.2. The van der Waals surface area contributed by atoms with Crippen LogP contribution < -0.4 is 10.3 Å². The highest BCUT2D eigenvalue weighted by molar-refractivity contribution is 7.99. The SMILES string of the molecule is Cc1cccc(OCc2cc(=O)n3c(c2-c2ccccc2)SC[C@H]3C(=O)O)c1C. The Kier molecular flexibility index (Phi) is 5.20. The van der Waals surface area contributed by atoms with Gasteiger partial charge in [-0.3, -0.25) is 9.36 Å². The molecule has 0 radical (unpaired) electrons. The van der Waals surface area contributed by atoms with Crippen LogP contribution in [0.5, 0.6) is 5.75 Å². The molecule has 0 spiro atoms. The maximum absolute atomic E-state index is 12.8. The zero-order chi connectivity index (χ0) is 20.5. The lowest BCUT2D eigenvalue weighted by atomic mass is 10.0. The summed E-state index contributed by atoms with van der Waals surface area (Å²) in [6.07, 6.45) is 0. The number of carboxylic acid groups (broad SMARTS) is 1. The molecule has 0 saturated heterocycles. The Morgan fingerprint density at radius 2 is 1.93 bits per heavy atom. The van der Waals surface area contributed by atoms with E-state index in [0.29, 0.717) is 10.8 Å². The van der Waals surface area contributed by atoms with Gasteiger partial charge in [-0.2, -0.15) is 0 Å². The van der Waals surface area contributed by atoms with Gasteiger partial charge < -0.3 is 9.84 Å². The molecule has 0 aliphatic carbocycles. The Labute approximate surface area is 173 Å². The number of fused-ring (bicyclic) bond motifs is 1. The molecule has 0 saturated carbocycles. The Balaban J connectivity index is 1.82. The average molecular weight is 407 g/mol. The van der Waals surface area contributed by atoms with Crippen molar-refractivity contribution in [3.05, 3.63) is 81.6 Å². The average Bonchev–Trinajstić information content (AvgIpc) is 3.16. The second-order valence-electron chi connectivity index (χ2n) is 7.08. The van der Waals surface area contributed by atoms with Gasteiger partial charge in [0.2, 0.25) is 0 Å². The van der Waals surface area contributed by atoms with Crippen molar-refractivity contribution in [1.82, 2.24) is 4.57 Å². The van der Waals surface area contributed by atoms with Crippen molar-refractivity contribution in [2.24, 2.45) is 0 Å². The molecule has 6 heteroatoms. The van der Waals surface area contributed by atoms with Gasteiger partial charge in [0.25, 0.3) is 5.56 Å². The van der Waals surface area contributed by atoms with Crippen molar-refractivity contribution in [1.29, 1.82) is 0 Å². The van der Waals surface area contributed by atoms with E-state index in [4.69, 9.17) is 4.74 Å². The molecule has 0 bridgehead atoms. The van der Waals surface area contributed by atoms with E-state index in [-0.39, 0.29) is 12.2 Å². The van der Waals surface area contributed by atoms with E-state index in [1.165, 1.54) is 22.4 Å². The molecule has 1 N–H and O–H groups in total. The molecule has 148 valence electrons. The molecule has 4 rings (SSSR count). The lowest BCUT2D eigenvalue weighted by Crippen LogP contribution is -2.29. The highest BCUT2D eigenvalue weighted by Gasteiger charge is 2.33. The Morgan fingerprint density at radius 1 is 1.17 bits per heavy atom. The lowest BCUT2D eigenvalue weighted by molar-refractivity contribution is -0.140. The van der Waals surface area contributed by atoms with Crippen LogP contribution in [-0.2, 0) is 11.4 Å². The van der Waals surface area contributed by atoms with Crippen LogP contribution in [0.4, 0.5) is 0 Å². The molecule has 1 aromatic heterocycles. The minimum atomic E-state index is -0.989.